The fourth-order valence-corrected chi connectivity index (χ4v) is 2.54. The second-order valence-corrected chi connectivity index (χ2v) is 6.08. The van der Waals surface area contributed by atoms with Gasteiger partial charge >= 0.3 is 0 Å². The standard InChI is InChI=1S/C20H24FN3O2/c1-14(23-19(25)10-11-22-2)15-7-5-8-17(12-15)24-20(26)13-16-6-3-4-9-18(16)21/h3-9,12,14,22H,10-11,13H2,1-2H3,(H,23,25)(H,24,26). The van der Waals surface area contributed by atoms with Gasteiger partial charge in [-0.05, 0) is 43.3 Å². The van der Waals surface area contributed by atoms with E-state index in [-0.39, 0.29) is 24.3 Å². The Balaban J connectivity index is 1.96. The molecule has 138 valence electrons. The van der Waals surface area contributed by atoms with E-state index >= 15 is 0 Å². The second kappa shape index (κ2) is 9.68. The highest BCUT2D eigenvalue weighted by atomic mass is 19.1. The number of halogens is 1. The average molecular weight is 357 g/mol. The van der Waals surface area contributed by atoms with Crippen LogP contribution < -0.4 is 16.0 Å². The van der Waals surface area contributed by atoms with Crippen LogP contribution in [0, 0.1) is 5.82 Å². The molecular formula is C20H24FN3O2. The predicted molar refractivity (Wildman–Crippen MR) is 100 cm³/mol. The van der Waals surface area contributed by atoms with Crippen LogP contribution in [0.3, 0.4) is 0 Å². The molecule has 5 nitrogen and oxygen atoms in total. The van der Waals surface area contributed by atoms with E-state index in [1.54, 1.807) is 31.3 Å². The van der Waals surface area contributed by atoms with Gasteiger partial charge in [0, 0.05) is 18.7 Å². The Bertz CT molecular complexity index is 764. The van der Waals surface area contributed by atoms with E-state index in [9.17, 15) is 14.0 Å². The summed E-state index contributed by atoms with van der Waals surface area (Å²) in [5, 5.41) is 8.62. The molecule has 0 aromatic heterocycles. The molecule has 1 unspecified atom stereocenters. The molecule has 0 spiro atoms. The molecule has 26 heavy (non-hydrogen) atoms. The van der Waals surface area contributed by atoms with E-state index in [4.69, 9.17) is 0 Å². The van der Waals surface area contributed by atoms with E-state index in [0.29, 0.717) is 24.2 Å². The molecule has 0 aliphatic heterocycles. The van der Waals surface area contributed by atoms with Crippen molar-refractivity contribution in [1.82, 2.24) is 10.6 Å². The van der Waals surface area contributed by atoms with E-state index in [1.165, 1.54) is 6.07 Å². The molecule has 2 aromatic rings. The smallest absolute Gasteiger partial charge is 0.228 e. The van der Waals surface area contributed by atoms with Crippen molar-refractivity contribution in [2.45, 2.75) is 25.8 Å². The van der Waals surface area contributed by atoms with Crippen molar-refractivity contribution in [3.8, 4) is 0 Å². The van der Waals surface area contributed by atoms with Crippen molar-refractivity contribution < 1.29 is 14.0 Å². The maximum Gasteiger partial charge on any atom is 0.228 e. The van der Waals surface area contributed by atoms with Gasteiger partial charge in [-0.1, -0.05) is 30.3 Å². The third-order valence-electron chi connectivity index (χ3n) is 3.96. The van der Waals surface area contributed by atoms with Gasteiger partial charge in [0.05, 0.1) is 12.5 Å². The lowest BCUT2D eigenvalue weighted by Gasteiger charge is -2.16. The van der Waals surface area contributed by atoms with Gasteiger partial charge in [0.1, 0.15) is 5.82 Å². The van der Waals surface area contributed by atoms with Crippen molar-refractivity contribution in [2.24, 2.45) is 0 Å². The molecule has 0 bridgehead atoms. The molecule has 3 N–H and O–H groups in total. The molecular weight excluding hydrogens is 333 g/mol. The lowest BCUT2D eigenvalue weighted by atomic mass is 10.1. The number of hydrogen-bond donors (Lipinski definition) is 3. The Labute approximate surface area is 153 Å². The highest BCUT2D eigenvalue weighted by Gasteiger charge is 2.11. The summed E-state index contributed by atoms with van der Waals surface area (Å²) in [7, 11) is 1.80. The minimum atomic E-state index is -0.394. The van der Waals surface area contributed by atoms with Crippen LogP contribution >= 0.6 is 0 Å². The van der Waals surface area contributed by atoms with Gasteiger partial charge in [0.25, 0.3) is 0 Å². The van der Waals surface area contributed by atoms with Gasteiger partial charge in [-0.3, -0.25) is 9.59 Å². The van der Waals surface area contributed by atoms with Crippen molar-refractivity contribution >= 4 is 17.5 Å². The number of carbonyl (C=O) groups excluding carboxylic acids is 2. The molecule has 0 aliphatic rings. The molecule has 0 aliphatic carbocycles. The summed E-state index contributed by atoms with van der Waals surface area (Å²) >= 11 is 0. The quantitative estimate of drug-likeness (QED) is 0.680. The normalized spacial score (nSPS) is 11.7. The van der Waals surface area contributed by atoms with Crippen LogP contribution in [0.2, 0.25) is 0 Å². The van der Waals surface area contributed by atoms with Crippen LogP contribution in [0.25, 0.3) is 0 Å². The molecule has 2 rings (SSSR count). The predicted octanol–water partition coefficient (Wildman–Crippen LogP) is 2.79. The Morgan fingerprint density at radius 2 is 1.85 bits per heavy atom. The number of rotatable bonds is 8. The first-order valence-corrected chi connectivity index (χ1v) is 8.56. The molecule has 0 saturated heterocycles. The first-order valence-electron chi connectivity index (χ1n) is 8.56. The summed E-state index contributed by atoms with van der Waals surface area (Å²) in [5.74, 6) is -0.729. The zero-order valence-corrected chi connectivity index (χ0v) is 15.0. The lowest BCUT2D eigenvalue weighted by molar-refractivity contribution is -0.121. The zero-order chi connectivity index (χ0) is 18.9. The molecule has 0 radical (unpaired) electrons. The maximum absolute atomic E-state index is 13.6. The van der Waals surface area contributed by atoms with Crippen LogP contribution in [0.4, 0.5) is 10.1 Å². The van der Waals surface area contributed by atoms with E-state index in [0.717, 1.165) is 5.56 Å². The van der Waals surface area contributed by atoms with Crippen LogP contribution in [0.5, 0.6) is 0 Å². The summed E-state index contributed by atoms with van der Waals surface area (Å²) < 4.78 is 13.6. The number of carbonyl (C=O) groups is 2. The summed E-state index contributed by atoms with van der Waals surface area (Å²) in [4.78, 5) is 24.0. The zero-order valence-electron chi connectivity index (χ0n) is 15.0. The molecule has 0 heterocycles. The third kappa shape index (κ3) is 5.97. The number of anilines is 1. The largest absolute Gasteiger partial charge is 0.350 e. The monoisotopic (exact) mass is 357 g/mol. The second-order valence-electron chi connectivity index (χ2n) is 6.08. The van der Waals surface area contributed by atoms with Crippen molar-refractivity contribution in [1.29, 1.82) is 0 Å². The fourth-order valence-electron chi connectivity index (χ4n) is 2.54. The molecule has 2 aromatic carbocycles. The summed E-state index contributed by atoms with van der Waals surface area (Å²) in [6.07, 6.45) is 0.368. The number of nitrogens with one attached hydrogen (secondary N) is 3. The van der Waals surface area contributed by atoms with Gasteiger partial charge in [-0.2, -0.15) is 0 Å². The fraction of sp³-hybridized carbons (Fsp3) is 0.300. The molecule has 2 amide bonds. The van der Waals surface area contributed by atoms with Gasteiger partial charge in [-0.15, -0.1) is 0 Å². The summed E-state index contributed by atoms with van der Waals surface area (Å²) in [5.41, 5.74) is 1.85. The van der Waals surface area contributed by atoms with E-state index < -0.39 is 5.82 Å². The van der Waals surface area contributed by atoms with Crippen LogP contribution in [-0.2, 0) is 16.0 Å². The van der Waals surface area contributed by atoms with Gasteiger partial charge in [-0.25, -0.2) is 4.39 Å². The maximum atomic E-state index is 13.6. The van der Waals surface area contributed by atoms with Crippen LogP contribution in [-0.4, -0.2) is 25.4 Å². The number of amides is 2. The lowest BCUT2D eigenvalue weighted by Crippen LogP contribution is -2.29. The average Bonchev–Trinajstić information content (AvgIpc) is 2.62. The van der Waals surface area contributed by atoms with Crippen molar-refractivity contribution in [3.63, 3.8) is 0 Å². The molecule has 1 atom stereocenters. The van der Waals surface area contributed by atoms with E-state index in [2.05, 4.69) is 16.0 Å². The topological polar surface area (TPSA) is 70.2 Å². The third-order valence-corrected chi connectivity index (χ3v) is 3.96. The van der Waals surface area contributed by atoms with E-state index in [1.807, 2.05) is 25.1 Å². The molecule has 0 saturated carbocycles. The highest BCUT2D eigenvalue weighted by Crippen LogP contribution is 2.18. The van der Waals surface area contributed by atoms with Crippen LogP contribution in [0.15, 0.2) is 48.5 Å². The highest BCUT2D eigenvalue weighted by molar-refractivity contribution is 5.92. The Hall–Kier alpha value is -2.73. The minimum Gasteiger partial charge on any atom is -0.350 e. The first kappa shape index (κ1) is 19.6. The summed E-state index contributed by atoms with van der Waals surface area (Å²) in [6, 6.07) is 13.3. The van der Waals surface area contributed by atoms with Gasteiger partial charge < -0.3 is 16.0 Å². The van der Waals surface area contributed by atoms with Crippen LogP contribution in [0.1, 0.15) is 30.5 Å². The Kier molecular flexibility index (Phi) is 7.29. The van der Waals surface area contributed by atoms with Gasteiger partial charge in [0.15, 0.2) is 0 Å². The SMILES string of the molecule is CNCCC(=O)NC(C)c1cccc(NC(=O)Cc2ccccc2F)c1. The number of hydrogen-bond acceptors (Lipinski definition) is 3. The minimum absolute atomic E-state index is 0.0345. The van der Waals surface area contributed by atoms with Crippen molar-refractivity contribution in [3.05, 3.63) is 65.5 Å². The van der Waals surface area contributed by atoms with Crippen molar-refractivity contribution in [2.75, 3.05) is 18.9 Å². The Morgan fingerprint density at radius 1 is 1.08 bits per heavy atom. The number of benzene rings is 2. The Morgan fingerprint density at radius 3 is 2.58 bits per heavy atom. The first-order chi connectivity index (χ1) is 12.5. The molecule has 0 fully saturated rings. The molecule has 6 heteroatoms. The van der Waals surface area contributed by atoms with Gasteiger partial charge in [0.2, 0.25) is 11.8 Å². The summed E-state index contributed by atoms with van der Waals surface area (Å²) in [6.45, 7) is 2.50.